The summed E-state index contributed by atoms with van der Waals surface area (Å²) in [6.45, 7) is 0. The van der Waals surface area contributed by atoms with Gasteiger partial charge in [-0.15, -0.1) is 10.2 Å². The minimum absolute atomic E-state index is 0.0852. The lowest BCUT2D eigenvalue weighted by Crippen LogP contribution is -2.13. The summed E-state index contributed by atoms with van der Waals surface area (Å²) in [5, 5.41) is 27.2. The Morgan fingerprint density at radius 2 is 0.821 bits per heavy atom. The van der Waals surface area contributed by atoms with Crippen molar-refractivity contribution in [3.8, 4) is 45.0 Å². The van der Waals surface area contributed by atoms with Crippen LogP contribution in [-0.2, 0) is 70.4 Å². The molecular weight excluding hydrogens is 1720 g/mol. The molecule has 25 nitrogen and oxygen atoms in total. The summed E-state index contributed by atoms with van der Waals surface area (Å²) < 4.78 is 84.9. The second-order valence-corrected chi connectivity index (χ2v) is 35.8. The van der Waals surface area contributed by atoms with Gasteiger partial charge in [-0.25, -0.2) is 30.2 Å². The van der Waals surface area contributed by atoms with Crippen molar-refractivity contribution < 1.29 is 48.6 Å². The van der Waals surface area contributed by atoms with E-state index in [4.69, 9.17) is 46.4 Å². The molecule has 0 aliphatic rings. The van der Waals surface area contributed by atoms with Crippen LogP contribution < -0.4 is 21.3 Å². The van der Waals surface area contributed by atoms with Gasteiger partial charge in [-0.2, -0.15) is 5.10 Å². The standard InChI is InChI=1S/C22H18ClN5O2S.C21H16ClN5O3S.C20H16BrClN2O3S.C20H17ClN2O3S/c1-28-14-25-27-22(28)31(30)13-15-5-7-16(8-6-15)21(29)26-17-9-10-19(23)18(12-17)20-4-2-3-11-24-20;22-18-9-8-16(11-17(18)19-3-1-2-10-23-19)26-20(28)15-6-4-14(5-7-15)12-31(29,30)21-24-13-25-27-21;1-28(26,27)12-13-5-7-15(17(21)10-13)20(25)24-14-6-8-18(22)16(11-14)19-4-2-3-9-23-19;1-27(25,26)13-14-5-4-6-15(11-14)20(24)23-16-8-9-18(21)17(12-16)19-7-2-3-10-22-19/h2-12,14H,13H2,1H3,(H,26,29);1-11,13H,12H2,(H,26,28)(H,24,25,27);2-11H,12H2,1H3,(H,24,25);2-12H,13H2,1H3,(H,23,24). The van der Waals surface area contributed by atoms with Gasteiger partial charge in [-0.1, -0.05) is 113 Å². The summed E-state index contributed by atoms with van der Waals surface area (Å²) in [7, 11) is -9.53. The third-order valence-corrected chi connectivity index (χ3v) is 23.2. The molecule has 0 saturated carbocycles. The van der Waals surface area contributed by atoms with Gasteiger partial charge in [0.2, 0.25) is 20.2 Å². The van der Waals surface area contributed by atoms with Crippen molar-refractivity contribution in [1.29, 1.82) is 0 Å². The molecule has 1 unspecified atom stereocenters. The molecule has 5 N–H and O–H groups in total. The van der Waals surface area contributed by atoms with Crippen LogP contribution in [0.25, 0.3) is 45.0 Å². The monoisotopic (exact) mass is 1780 g/mol. The Hall–Kier alpha value is -11.8. The predicted octanol–water partition coefficient (Wildman–Crippen LogP) is 17.0. The molecule has 1 atom stereocenters. The molecule has 0 bridgehead atoms. The van der Waals surface area contributed by atoms with Gasteiger partial charge in [0.25, 0.3) is 23.6 Å². The Balaban J connectivity index is 0.000000153. The zero-order valence-corrected chi connectivity index (χ0v) is 69.7. The van der Waals surface area contributed by atoms with Gasteiger partial charge in [-0.3, -0.25) is 48.4 Å². The number of H-pyrrole nitrogens is 1. The quantitative estimate of drug-likeness (QED) is 0.0421. The van der Waals surface area contributed by atoms with Crippen LogP contribution in [0, 0.1) is 0 Å². The first-order chi connectivity index (χ1) is 56.0. The zero-order chi connectivity index (χ0) is 83.4. The highest BCUT2D eigenvalue weighted by Crippen LogP contribution is 2.35. The second-order valence-electron chi connectivity index (χ2n) is 25.8. The number of nitrogens with zero attached hydrogens (tertiary/aromatic N) is 9. The summed E-state index contributed by atoms with van der Waals surface area (Å²) in [6.07, 6.45) is 11.7. The van der Waals surface area contributed by atoms with E-state index < -0.39 is 40.3 Å². The number of hydrogen-bond donors (Lipinski definition) is 5. The van der Waals surface area contributed by atoms with Crippen LogP contribution in [0.4, 0.5) is 22.7 Å². The van der Waals surface area contributed by atoms with Crippen LogP contribution in [0.1, 0.15) is 63.7 Å². The number of aromatic amines is 1. The van der Waals surface area contributed by atoms with Crippen LogP contribution in [0.2, 0.25) is 20.1 Å². The Morgan fingerprint density at radius 3 is 1.19 bits per heavy atom. The summed E-state index contributed by atoms with van der Waals surface area (Å²) in [5.74, 6) is -1.41. The number of anilines is 4. The van der Waals surface area contributed by atoms with Crippen molar-refractivity contribution >= 4 is 149 Å². The van der Waals surface area contributed by atoms with E-state index in [1.54, 1.807) is 200 Å². The number of rotatable bonds is 22. The van der Waals surface area contributed by atoms with Crippen molar-refractivity contribution in [2.24, 2.45) is 7.05 Å². The molecule has 0 saturated heterocycles. The van der Waals surface area contributed by atoms with Gasteiger partial charge < -0.3 is 25.8 Å². The van der Waals surface area contributed by atoms with Crippen LogP contribution >= 0.6 is 62.3 Å². The molecule has 0 aliphatic heterocycles. The number of aromatic nitrogens is 10. The van der Waals surface area contributed by atoms with Crippen LogP contribution in [-0.4, -0.2) is 115 Å². The highest BCUT2D eigenvalue weighted by atomic mass is 79.9. The molecule has 6 heterocycles. The van der Waals surface area contributed by atoms with Gasteiger partial charge in [0.1, 0.15) is 12.7 Å². The molecule has 14 rings (SSSR count). The molecule has 0 radical (unpaired) electrons. The smallest absolute Gasteiger partial charge is 0.256 e. The van der Waals surface area contributed by atoms with Crippen molar-refractivity contribution in [2.45, 2.75) is 33.3 Å². The zero-order valence-electron chi connectivity index (χ0n) is 61.8. The third-order valence-electron chi connectivity index (χ3n) is 16.6. The summed E-state index contributed by atoms with van der Waals surface area (Å²) in [6, 6.07) is 67.5. The van der Waals surface area contributed by atoms with E-state index in [0.717, 1.165) is 29.4 Å². The van der Waals surface area contributed by atoms with Crippen molar-refractivity contribution in [3.05, 3.63) is 343 Å². The Labute approximate surface area is 704 Å². The number of halogens is 5. The van der Waals surface area contributed by atoms with Gasteiger partial charge in [0, 0.05) is 111 Å². The average molecular weight is 1790 g/mol. The molecule has 117 heavy (non-hydrogen) atoms. The third kappa shape index (κ3) is 24.8. The fraction of sp³-hybridized carbons (Fsp3) is 0.0843. The number of carbonyl (C=O) groups excluding carboxylic acids is 4. The van der Waals surface area contributed by atoms with Gasteiger partial charge in [0.05, 0.1) is 82.2 Å². The van der Waals surface area contributed by atoms with Crippen LogP contribution in [0.15, 0.2) is 289 Å². The molecule has 0 spiro atoms. The number of pyridine rings is 4. The largest absolute Gasteiger partial charge is 0.322 e. The van der Waals surface area contributed by atoms with Crippen molar-refractivity contribution in [2.75, 3.05) is 33.8 Å². The normalized spacial score (nSPS) is 11.4. The lowest BCUT2D eigenvalue weighted by molar-refractivity contribution is 0.101. The number of benzene rings is 8. The number of carbonyl (C=O) groups is 4. The van der Waals surface area contributed by atoms with Gasteiger partial charge >= 0.3 is 0 Å². The molecule has 34 heteroatoms. The van der Waals surface area contributed by atoms with Gasteiger partial charge in [-0.05, 0) is 208 Å². The molecular formula is C83H67BrCl4N14O11S4. The number of sulfone groups is 3. The molecule has 6 aromatic heterocycles. The fourth-order valence-electron chi connectivity index (χ4n) is 11.2. The highest BCUT2D eigenvalue weighted by molar-refractivity contribution is 9.10. The average Bonchev–Trinajstić information content (AvgIpc) is 1.83. The lowest BCUT2D eigenvalue weighted by atomic mass is 10.1. The maximum absolute atomic E-state index is 12.7. The van der Waals surface area contributed by atoms with E-state index in [2.05, 4.69) is 82.5 Å². The summed E-state index contributed by atoms with van der Waals surface area (Å²) in [4.78, 5) is 71.4. The van der Waals surface area contributed by atoms with Crippen LogP contribution in [0.3, 0.4) is 0 Å². The van der Waals surface area contributed by atoms with E-state index in [9.17, 15) is 48.6 Å². The summed E-state index contributed by atoms with van der Waals surface area (Å²) in [5.41, 5.74) is 12.2. The molecule has 0 fully saturated rings. The maximum atomic E-state index is 12.7. The first-order valence-electron chi connectivity index (χ1n) is 34.8. The SMILES string of the molecule is CS(=O)(=O)Cc1ccc(C(=O)Nc2ccc(Cl)c(-c3ccccn3)c2)c(Br)c1.CS(=O)(=O)Cc1cccc(C(=O)Nc2ccc(Cl)c(-c3ccccn3)c2)c1.Cn1cnnc1S(=O)Cc1ccc(C(=O)Nc2ccc(Cl)c(-c3ccccn3)c2)cc1.O=C(Nc1ccc(Cl)c(-c2ccccn2)c1)c1ccc(CS(=O)(=O)c2ncn[nH]2)cc1. The van der Waals surface area contributed by atoms with E-state index in [-0.39, 0.29) is 46.0 Å². The topological polar surface area (TPSA) is 360 Å². The molecule has 8 aromatic carbocycles. The first-order valence-corrected chi connectivity index (χ1v) is 44.2. The first kappa shape index (κ1) is 86.0. The van der Waals surface area contributed by atoms with Crippen molar-refractivity contribution in [3.63, 3.8) is 0 Å². The maximum Gasteiger partial charge on any atom is 0.256 e. The van der Waals surface area contributed by atoms with Crippen LogP contribution in [0.5, 0.6) is 0 Å². The van der Waals surface area contributed by atoms with E-state index >= 15 is 0 Å². The number of aryl methyl sites for hydroxylation is 1. The number of hydrogen-bond acceptors (Lipinski definition) is 19. The number of amides is 4. The fourth-order valence-corrected chi connectivity index (χ4v) is 16.5. The Kier molecular flexibility index (Phi) is 29.2. The van der Waals surface area contributed by atoms with E-state index in [0.29, 0.717) is 131 Å². The predicted molar refractivity (Wildman–Crippen MR) is 459 cm³/mol. The second kappa shape index (κ2) is 39.7. The molecule has 14 aromatic rings. The van der Waals surface area contributed by atoms with Crippen molar-refractivity contribution in [1.82, 2.24) is 49.9 Å². The minimum Gasteiger partial charge on any atom is -0.322 e. The Bertz CT molecular complexity index is 6300. The summed E-state index contributed by atoms with van der Waals surface area (Å²) >= 11 is 28.5. The lowest BCUT2D eigenvalue weighted by Gasteiger charge is -2.11. The van der Waals surface area contributed by atoms with E-state index in [1.165, 1.54) is 12.6 Å². The molecule has 0 aliphatic carbocycles. The number of nitrogens with one attached hydrogen (secondary N) is 5. The van der Waals surface area contributed by atoms with Gasteiger partial charge in [0.15, 0.2) is 19.7 Å². The molecule has 594 valence electrons. The van der Waals surface area contributed by atoms with E-state index in [1.807, 2.05) is 72.8 Å². The Morgan fingerprint density at radius 1 is 0.427 bits per heavy atom. The minimum atomic E-state index is -3.64. The molecule has 4 amide bonds. The highest BCUT2D eigenvalue weighted by Gasteiger charge is 2.22.